The molecule has 0 saturated carbocycles. The summed E-state index contributed by atoms with van der Waals surface area (Å²) in [5.41, 5.74) is 3.25. The second kappa shape index (κ2) is 5.09. The molecule has 0 saturated heterocycles. The Morgan fingerprint density at radius 3 is 3.00 bits per heavy atom. The van der Waals surface area contributed by atoms with Gasteiger partial charge in [0.2, 0.25) is 0 Å². The predicted molar refractivity (Wildman–Crippen MR) is 91.1 cm³/mol. The molecular weight excluding hydrogens is 296 g/mol. The van der Waals surface area contributed by atoms with Gasteiger partial charge in [-0.05, 0) is 24.1 Å². The molecular formula is C17H18N2O2S. The monoisotopic (exact) mass is 314 g/mol. The minimum absolute atomic E-state index is 0.449. The van der Waals surface area contributed by atoms with Gasteiger partial charge in [-0.3, -0.25) is 4.99 Å². The lowest BCUT2D eigenvalue weighted by Crippen LogP contribution is -2.20. The molecule has 0 bridgehead atoms. The lowest BCUT2D eigenvalue weighted by molar-refractivity contribution is 0.415. The van der Waals surface area contributed by atoms with Crippen LogP contribution >= 0.6 is 11.8 Å². The average Bonchev–Trinajstić information content (AvgIpc) is 3.20. The molecule has 0 aliphatic carbocycles. The van der Waals surface area contributed by atoms with Crippen molar-refractivity contribution in [3.8, 4) is 5.75 Å². The Morgan fingerprint density at radius 2 is 2.23 bits per heavy atom. The number of nitrogens with zero attached hydrogens (tertiary/aromatic N) is 2. The molecule has 2 aromatic rings. The molecule has 2 aliphatic rings. The third kappa shape index (κ3) is 1.96. The van der Waals surface area contributed by atoms with Crippen LogP contribution in [0.15, 0.2) is 38.8 Å². The zero-order chi connectivity index (χ0) is 15.3. The van der Waals surface area contributed by atoms with Gasteiger partial charge in [0.15, 0.2) is 5.17 Å². The first-order valence-electron chi connectivity index (χ1n) is 7.48. The quantitative estimate of drug-likeness (QED) is 0.851. The molecule has 0 spiro atoms. The van der Waals surface area contributed by atoms with Gasteiger partial charge in [-0.1, -0.05) is 25.6 Å². The molecule has 22 heavy (non-hydrogen) atoms. The summed E-state index contributed by atoms with van der Waals surface area (Å²) in [6.45, 7) is 6.25. The van der Waals surface area contributed by atoms with Crippen LogP contribution in [0.25, 0.3) is 16.7 Å². The zero-order valence-electron chi connectivity index (χ0n) is 12.9. The Kier molecular flexibility index (Phi) is 3.18. The lowest BCUT2D eigenvalue weighted by atomic mass is 10.0. The molecule has 3 heterocycles. The van der Waals surface area contributed by atoms with E-state index in [-0.39, 0.29) is 0 Å². The molecule has 0 N–H and O–H groups in total. The van der Waals surface area contributed by atoms with Crippen molar-refractivity contribution in [2.24, 2.45) is 10.9 Å². The summed E-state index contributed by atoms with van der Waals surface area (Å²) in [6, 6.07) is 6.07. The first-order valence-corrected chi connectivity index (χ1v) is 8.30. The van der Waals surface area contributed by atoms with Crippen LogP contribution in [0.2, 0.25) is 0 Å². The Labute approximate surface area is 133 Å². The fraction of sp³-hybridized carbons (Fsp3) is 0.353. The molecule has 1 aromatic carbocycles. The van der Waals surface area contributed by atoms with Crippen LogP contribution in [0.5, 0.6) is 5.75 Å². The molecule has 4 rings (SSSR count). The highest BCUT2D eigenvalue weighted by molar-refractivity contribution is 8.17. The number of fused-ring (bicyclic) bond motifs is 2. The lowest BCUT2D eigenvalue weighted by Gasteiger charge is -2.19. The van der Waals surface area contributed by atoms with Crippen LogP contribution in [0, 0.1) is 5.92 Å². The number of thioether (sulfide) groups is 1. The van der Waals surface area contributed by atoms with E-state index < -0.39 is 0 Å². The van der Waals surface area contributed by atoms with Crippen LogP contribution in [-0.4, -0.2) is 30.3 Å². The van der Waals surface area contributed by atoms with Gasteiger partial charge in [-0.15, -0.1) is 0 Å². The Balaban J connectivity index is 1.97. The zero-order valence-corrected chi connectivity index (χ0v) is 13.7. The maximum absolute atomic E-state index is 5.77. The van der Waals surface area contributed by atoms with Gasteiger partial charge in [-0.25, -0.2) is 0 Å². The van der Waals surface area contributed by atoms with Crippen molar-refractivity contribution in [2.45, 2.75) is 13.8 Å². The summed E-state index contributed by atoms with van der Waals surface area (Å²) in [4.78, 5) is 8.29. The van der Waals surface area contributed by atoms with Gasteiger partial charge in [0.05, 0.1) is 25.6 Å². The van der Waals surface area contributed by atoms with Gasteiger partial charge in [0.1, 0.15) is 11.3 Å². The third-order valence-electron chi connectivity index (χ3n) is 4.05. The Hall–Kier alpha value is -1.88. The van der Waals surface area contributed by atoms with E-state index in [4.69, 9.17) is 9.15 Å². The van der Waals surface area contributed by atoms with Crippen molar-refractivity contribution in [3.63, 3.8) is 0 Å². The van der Waals surface area contributed by atoms with E-state index in [2.05, 4.69) is 29.8 Å². The number of hydrogen-bond acceptors (Lipinski definition) is 5. The maximum Gasteiger partial charge on any atom is 0.168 e. The molecule has 1 aromatic heterocycles. The number of allylic oxidation sites excluding steroid dienone is 1. The highest BCUT2D eigenvalue weighted by atomic mass is 32.2. The second-order valence-corrected chi connectivity index (χ2v) is 6.81. The van der Waals surface area contributed by atoms with Crippen molar-refractivity contribution in [1.29, 1.82) is 0 Å². The second-order valence-electron chi connectivity index (χ2n) is 5.80. The van der Waals surface area contributed by atoms with Crippen LogP contribution in [-0.2, 0) is 0 Å². The largest absolute Gasteiger partial charge is 0.497 e. The summed E-state index contributed by atoms with van der Waals surface area (Å²) in [5.74, 6) is 1.30. The van der Waals surface area contributed by atoms with Crippen molar-refractivity contribution < 1.29 is 9.15 Å². The van der Waals surface area contributed by atoms with Crippen molar-refractivity contribution in [1.82, 2.24) is 4.90 Å². The van der Waals surface area contributed by atoms with E-state index in [1.807, 2.05) is 12.1 Å². The fourth-order valence-corrected chi connectivity index (χ4v) is 4.22. The fourth-order valence-electron chi connectivity index (χ4n) is 3.02. The maximum atomic E-state index is 5.77. The molecule has 0 atom stereocenters. The van der Waals surface area contributed by atoms with E-state index in [0.717, 1.165) is 40.5 Å². The van der Waals surface area contributed by atoms with Crippen LogP contribution < -0.4 is 4.74 Å². The van der Waals surface area contributed by atoms with E-state index in [1.165, 1.54) is 10.6 Å². The van der Waals surface area contributed by atoms with Crippen LogP contribution in [0.3, 0.4) is 0 Å². The number of rotatable bonds is 3. The van der Waals surface area contributed by atoms with Gasteiger partial charge >= 0.3 is 0 Å². The third-order valence-corrected chi connectivity index (χ3v) is 5.46. The van der Waals surface area contributed by atoms with Gasteiger partial charge in [0, 0.05) is 22.4 Å². The van der Waals surface area contributed by atoms with Gasteiger partial charge in [0.25, 0.3) is 0 Å². The normalized spacial score (nSPS) is 17.6. The number of methoxy groups -OCH3 is 1. The Bertz CT molecular complexity index is 804. The standard InChI is InChI=1S/C17H18N2O2S/c1-10(2)16-14(19-6-5-18-17(19)22-16)13-9-12(20-3)8-11-4-7-21-15(11)13/h4,7-10H,5-6H2,1-3H3. The minimum Gasteiger partial charge on any atom is -0.497 e. The highest BCUT2D eigenvalue weighted by Gasteiger charge is 2.35. The molecule has 0 radical (unpaired) electrons. The first-order chi connectivity index (χ1) is 10.7. The van der Waals surface area contributed by atoms with E-state index in [1.54, 1.807) is 25.1 Å². The molecule has 2 aliphatic heterocycles. The van der Waals surface area contributed by atoms with E-state index in [0.29, 0.717) is 5.92 Å². The van der Waals surface area contributed by atoms with E-state index >= 15 is 0 Å². The summed E-state index contributed by atoms with van der Waals surface area (Å²) < 4.78 is 11.3. The molecule has 0 fully saturated rings. The van der Waals surface area contributed by atoms with Crippen molar-refractivity contribution >= 4 is 33.6 Å². The number of benzene rings is 1. The van der Waals surface area contributed by atoms with Crippen molar-refractivity contribution in [2.75, 3.05) is 20.2 Å². The van der Waals surface area contributed by atoms with Crippen LogP contribution in [0.1, 0.15) is 19.4 Å². The number of aliphatic imine (C=N–C) groups is 1. The first kappa shape index (κ1) is 13.8. The average molecular weight is 314 g/mol. The van der Waals surface area contributed by atoms with Gasteiger partial charge in [-0.2, -0.15) is 0 Å². The molecule has 114 valence electrons. The van der Waals surface area contributed by atoms with Crippen molar-refractivity contribution in [3.05, 3.63) is 34.9 Å². The van der Waals surface area contributed by atoms with Crippen LogP contribution in [0.4, 0.5) is 0 Å². The summed E-state index contributed by atoms with van der Waals surface area (Å²) in [7, 11) is 1.70. The molecule has 0 unspecified atom stereocenters. The molecule has 4 nitrogen and oxygen atoms in total. The number of amidine groups is 1. The Morgan fingerprint density at radius 1 is 1.36 bits per heavy atom. The smallest absolute Gasteiger partial charge is 0.168 e. The summed E-state index contributed by atoms with van der Waals surface area (Å²) in [6.07, 6.45) is 1.74. The SMILES string of the molecule is COc1cc(C2=C(C(C)C)SC3=NCCN32)c2occc2c1. The van der Waals surface area contributed by atoms with Gasteiger partial charge < -0.3 is 14.1 Å². The summed E-state index contributed by atoms with van der Waals surface area (Å²) in [5, 5.41) is 2.18. The molecule has 0 amide bonds. The number of ether oxygens (including phenoxy) is 1. The molecule has 5 heteroatoms. The van der Waals surface area contributed by atoms with E-state index in [9.17, 15) is 0 Å². The minimum atomic E-state index is 0.449. The number of hydrogen-bond donors (Lipinski definition) is 0. The topological polar surface area (TPSA) is 38.0 Å². The predicted octanol–water partition coefficient (Wildman–Crippen LogP) is 4.18. The highest BCUT2D eigenvalue weighted by Crippen LogP contribution is 2.47. The number of furan rings is 1. The summed E-state index contributed by atoms with van der Waals surface area (Å²) >= 11 is 1.79.